The van der Waals surface area contributed by atoms with Crippen LogP contribution in [-0.2, 0) is 4.84 Å². The topological polar surface area (TPSA) is 120 Å². The molecule has 0 fully saturated rings. The number of methoxy groups -OCH3 is 1. The summed E-state index contributed by atoms with van der Waals surface area (Å²) in [5.74, 6) is 0.600. The first-order chi connectivity index (χ1) is 13.6. The molecular weight excluding hydrogens is 362 g/mol. The summed E-state index contributed by atoms with van der Waals surface area (Å²) in [7, 11) is 1.57. The van der Waals surface area contributed by atoms with Gasteiger partial charge >= 0.3 is 0 Å². The van der Waals surface area contributed by atoms with Gasteiger partial charge in [0.15, 0.2) is 5.88 Å². The number of aromatic amines is 1. The molecule has 4 N–H and O–H groups in total. The molecule has 1 aliphatic heterocycles. The fourth-order valence-electron chi connectivity index (χ4n) is 3.10. The first-order valence-corrected chi connectivity index (χ1v) is 8.68. The van der Waals surface area contributed by atoms with Gasteiger partial charge in [0, 0.05) is 16.5 Å². The second kappa shape index (κ2) is 7.34. The lowest BCUT2D eigenvalue weighted by molar-refractivity contribution is 0.00858. The van der Waals surface area contributed by atoms with Gasteiger partial charge in [-0.25, -0.2) is 4.99 Å². The maximum Gasteiger partial charge on any atom is 0.199 e. The summed E-state index contributed by atoms with van der Waals surface area (Å²) in [6.07, 6.45) is -1.04. The molecule has 2 heterocycles. The normalized spacial score (nSPS) is 15.5. The Morgan fingerprint density at radius 1 is 1.21 bits per heavy atom. The van der Waals surface area contributed by atoms with Crippen LogP contribution in [0.15, 0.2) is 52.6 Å². The molecule has 0 aliphatic carbocycles. The van der Waals surface area contributed by atoms with E-state index in [0.29, 0.717) is 28.4 Å². The summed E-state index contributed by atoms with van der Waals surface area (Å²) in [5.41, 5.74) is 3.52. The van der Waals surface area contributed by atoms with Crippen molar-refractivity contribution >= 4 is 28.0 Å². The minimum atomic E-state index is -1.04. The molecule has 0 bridgehead atoms. The number of aliphatic hydroxyl groups is 2. The van der Waals surface area contributed by atoms with Crippen LogP contribution in [0.3, 0.4) is 0 Å². The lowest BCUT2D eigenvalue weighted by atomic mass is 10.0. The highest BCUT2D eigenvalue weighted by Crippen LogP contribution is 2.36. The molecular formula is C20H19N3O5. The molecule has 0 amide bonds. The molecule has 1 unspecified atom stereocenters. The molecule has 8 nitrogen and oxygen atoms in total. The minimum Gasteiger partial charge on any atom is -0.497 e. The number of hydrogen-bond acceptors (Lipinski definition) is 7. The third-order valence-corrected chi connectivity index (χ3v) is 4.47. The number of aromatic hydroxyl groups is 1. The molecule has 8 heteroatoms. The summed E-state index contributed by atoms with van der Waals surface area (Å²) in [6.45, 7) is -0.589. The molecule has 0 radical (unpaired) electrons. The average molecular weight is 381 g/mol. The standard InChI is InChI=1S/C20H19N3O5/c1-27-12-6-7-16-14(8-12)17(20(26)22-16)19-18(23-28-10-11(25)9-24)13-4-2-3-5-15(13)21-19/h2-8,11,22,24-26H,9-10H2,1H3/b23-18+. The van der Waals surface area contributed by atoms with Crippen molar-refractivity contribution in [3.8, 4) is 11.6 Å². The van der Waals surface area contributed by atoms with E-state index in [-0.39, 0.29) is 12.5 Å². The van der Waals surface area contributed by atoms with Gasteiger partial charge in [-0.15, -0.1) is 0 Å². The van der Waals surface area contributed by atoms with Crippen molar-refractivity contribution < 1.29 is 24.9 Å². The number of rotatable bonds is 6. The Morgan fingerprint density at radius 2 is 2.04 bits per heavy atom. The maximum absolute atomic E-state index is 10.6. The molecule has 2 aromatic carbocycles. The zero-order chi connectivity index (χ0) is 19.7. The van der Waals surface area contributed by atoms with Crippen LogP contribution in [-0.4, -0.2) is 58.2 Å². The Balaban J connectivity index is 1.83. The largest absolute Gasteiger partial charge is 0.497 e. The molecule has 1 atom stereocenters. The van der Waals surface area contributed by atoms with E-state index >= 15 is 0 Å². The molecule has 144 valence electrons. The zero-order valence-corrected chi connectivity index (χ0v) is 15.1. The second-order valence-electron chi connectivity index (χ2n) is 6.31. The number of H-pyrrole nitrogens is 1. The van der Waals surface area contributed by atoms with Crippen molar-refractivity contribution in [3.05, 3.63) is 53.6 Å². The smallest absolute Gasteiger partial charge is 0.199 e. The number of oxime groups is 1. The van der Waals surface area contributed by atoms with E-state index in [1.165, 1.54) is 0 Å². The number of fused-ring (bicyclic) bond motifs is 2. The third kappa shape index (κ3) is 3.08. The number of para-hydroxylation sites is 1. The molecule has 28 heavy (non-hydrogen) atoms. The Kier molecular flexibility index (Phi) is 4.72. The van der Waals surface area contributed by atoms with Crippen molar-refractivity contribution in [2.24, 2.45) is 10.1 Å². The Hall–Kier alpha value is -3.36. The first-order valence-electron chi connectivity index (χ1n) is 8.68. The van der Waals surface area contributed by atoms with E-state index in [0.717, 1.165) is 16.5 Å². The predicted molar refractivity (Wildman–Crippen MR) is 105 cm³/mol. The van der Waals surface area contributed by atoms with Gasteiger partial charge in [0.05, 0.1) is 25.0 Å². The van der Waals surface area contributed by atoms with Crippen molar-refractivity contribution in [2.75, 3.05) is 20.3 Å². The second-order valence-corrected chi connectivity index (χ2v) is 6.31. The predicted octanol–water partition coefficient (Wildman–Crippen LogP) is 2.09. The number of hydrogen-bond donors (Lipinski definition) is 4. The Bertz CT molecular complexity index is 1090. The van der Waals surface area contributed by atoms with Gasteiger partial charge in [-0.2, -0.15) is 0 Å². The summed E-state index contributed by atoms with van der Waals surface area (Å²) in [4.78, 5) is 12.8. The van der Waals surface area contributed by atoms with Gasteiger partial charge in [0.2, 0.25) is 0 Å². The van der Waals surface area contributed by atoms with E-state index in [9.17, 15) is 10.2 Å². The minimum absolute atomic E-state index is 0.0436. The SMILES string of the molecule is COc1ccc2[nH]c(O)c(C3=Nc4ccccc4/C3=N\OCC(O)CO)c2c1. The Labute approximate surface area is 160 Å². The van der Waals surface area contributed by atoms with Crippen LogP contribution in [0.4, 0.5) is 5.69 Å². The summed E-state index contributed by atoms with van der Waals surface area (Å²) < 4.78 is 5.30. The zero-order valence-electron chi connectivity index (χ0n) is 15.1. The molecule has 0 saturated heterocycles. The monoisotopic (exact) mass is 381 g/mol. The van der Waals surface area contributed by atoms with Crippen LogP contribution in [0, 0.1) is 0 Å². The van der Waals surface area contributed by atoms with Gasteiger partial charge in [-0.05, 0) is 24.3 Å². The molecule has 0 spiro atoms. The van der Waals surface area contributed by atoms with Crippen LogP contribution in [0.5, 0.6) is 11.6 Å². The van der Waals surface area contributed by atoms with E-state index in [2.05, 4.69) is 15.1 Å². The average Bonchev–Trinajstić information content (AvgIpc) is 3.23. The van der Waals surface area contributed by atoms with Gasteiger partial charge < -0.3 is 29.9 Å². The summed E-state index contributed by atoms with van der Waals surface area (Å²) >= 11 is 0. The van der Waals surface area contributed by atoms with Crippen molar-refractivity contribution in [2.45, 2.75) is 6.10 Å². The first kappa shape index (κ1) is 18.0. The number of aliphatic hydroxyl groups excluding tert-OH is 2. The third-order valence-electron chi connectivity index (χ3n) is 4.47. The van der Waals surface area contributed by atoms with E-state index in [4.69, 9.17) is 14.7 Å². The van der Waals surface area contributed by atoms with Gasteiger partial charge in [0.1, 0.15) is 29.9 Å². The highest BCUT2D eigenvalue weighted by Gasteiger charge is 2.29. The number of aromatic nitrogens is 1. The molecule has 1 aliphatic rings. The Morgan fingerprint density at radius 3 is 2.82 bits per heavy atom. The highest BCUT2D eigenvalue weighted by atomic mass is 16.6. The highest BCUT2D eigenvalue weighted by molar-refractivity contribution is 6.58. The lowest BCUT2D eigenvalue weighted by Gasteiger charge is -2.08. The number of benzene rings is 2. The molecule has 3 aromatic rings. The van der Waals surface area contributed by atoms with Crippen LogP contribution in [0.1, 0.15) is 11.1 Å². The molecule has 4 rings (SSSR count). The number of nitrogens with one attached hydrogen (secondary N) is 1. The quantitative estimate of drug-likeness (QED) is 0.488. The summed E-state index contributed by atoms with van der Waals surface area (Å²) in [5, 5.41) is 33.9. The fourth-order valence-corrected chi connectivity index (χ4v) is 3.10. The van der Waals surface area contributed by atoms with Gasteiger partial charge in [-0.1, -0.05) is 23.4 Å². The number of ether oxygens (including phenoxy) is 1. The van der Waals surface area contributed by atoms with Crippen LogP contribution in [0.2, 0.25) is 0 Å². The van der Waals surface area contributed by atoms with E-state index < -0.39 is 12.7 Å². The number of nitrogens with zero attached hydrogens (tertiary/aromatic N) is 2. The van der Waals surface area contributed by atoms with E-state index in [1.54, 1.807) is 19.2 Å². The molecule has 0 saturated carbocycles. The van der Waals surface area contributed by atoms with Crippen LogP contribution in [0.25, 0.3) is 10.9 Å². The van der Waals surface area contributed by atoms with Crippen molar-refractivity contribution in [3.63, 3.8) is 0 Å². The van der Waals surface area contributed by atoms with Crippen molar-refractivity contribution in [1.82, 2.24) is 4.98 Å². The molecule has 1 aromatic heterocycles. The summed E-state index contributed by atoms with van der Waals surface area (Å²) in [6, 6.07) is 12.8. The fraction of sp³-hybridized carbons (Fsp3) is 0.200. The maximum atomic E-state index is 10.6. The number of aliphatic imine (C=N–C) groups is 1. The van der Waals surface area contributed by atoms with Crippen LogP contribution >= 0.6 is 0 Å². The lowest BCUT2D eigenvalue weighted by Crippen LogP contribution is -2.19. The van der Waals surface area contributed by atoms with Gasteiger partial charge in [0.25, 0.3) is 0 Å². The van der Waals surface area contributed by atoms with Crippen molar-refractivity contribution in [1.29, 1.82) is 0 Å². The van der Waals surface area contributed by atoms with E-state index in [1.807, 2.05) is 30.3 Å². The van der Waals surface area contributed by atoms with Crippen LogP contribution < -0.4 is 4.74 Å². The van der Waals surface area contributed by atoms with Gasteiger partial charge in [-0.3, -0.25) is 0 Å².